The first-order valence-electron chi connectivity index (χ1n) is 5.75. The Morgan fingerprint density at radius 3 is 2.72 bits per heavy atom. The smallest absolute Gasteiger partial charge is 0.259 e. The van der Waals surface area contributed by atoms with E-state index >= 15 is 0 Å². The molecule has 18 heavy (non-hydrogen) atoms. The molecule has 0 aliphatic heterocycles. The van der Waals surface area contributed by atoms with Crippen LogP contribution in [0.25, 0.3) is 0 Å². The SMILES string of the molecule is CNC(C)c1ccc(F)cc1OCC(=O)N(C)C. The first-order chi connectivity index (χ1) is 8.45. The van der Waals surface area contributed by atoms with E-state index in [1.165, 1.54) is 17.0 Å². The Balaban J connectivity index is 2.85. The van der Waals surface area contributed by atoms with Crippen LogP contribution < -0.4 is 10.1 Å². The number of nitrogens with zero attached hydrogens (tertiary/aromatic N) is 1. The zero-order valence-electron chi connectivity index (χ0n) is 11.2. The minimum absolute atomic E-state index is 0.0232. The Labute approximate surface area is 107 Å². The van der Waals surface area contributed by atoms with E-state index < -0.39 is 0 Å². The predicted octanol–water partition coefficient (Wildman–Crippen LogP) is 1.57. The molecule has 0 bridgehead atoms. The molecular formula is C13H19FN2O2. The Bertz CT molecular complexity index is 421. The van der Waals surface area contributed by atoms with Crippen molar-refractivity contribution < 1.29 is 13.9 Å². The lowest BCUT2D eigenvalue weighted by molar-refractivity contribution is -0.130. The van der Waals surface area contributed by atoms with E-state index in [-0.39, 0.29) is 24.4 Å². The molecule has 1 aromatic carbocycles. The van der Waals surface area contributed by atoms with Crippen LogP contribution in [0.5, 0.6) is 5.75 Å². The summed E-state index contributed by atoms with van der Waals surface area (Å²) in [5.41, 5.74) is 0.824. The normalized spacial score (nSPS) is 12.1. The van der Waals surface area contributed by atoms with Crippen molar-refractivity contribution in [2.24, 2.45) is 0 Å². The highest BCUT2D eigenvalue weighted by atomic mass is 19.1. The lowest BCUT2D eigenvalue weighted by Crippen LogP contribution is -2.28. The fourth-order valence-corrected chi connectivity index (χ4v) is 1.42. The summed E-state index contributed by atoms with van der Waals surface area (Å²) in [4.78, 5) is 12.9. The summed E-state index contributed by atoms with van der Waals surface area (Å²) in [6.07, 6.45) is 0. The van der Waals surface area contributed by atoms with Gasteiger partial charge in [-0.25, -0.2) is 4.39 Å². The van der Waals surface area contributed by atoms with Gasteiger partial charge in [-0.1, -0.05) is 6.07 Å². The topological polar surface area (TPSA) is 41.6 Å². The predicted molar refractivity (Wildman–Crippen MR) is 68.1 cm³/mol. The number of amides is 1. The van der Waals surface area contributed by atoms with Gasteiger partial charge in [-0.2, -0.15) is 0 Å². The summed E-state index contributed by atoms with van der Waals surface area (Å²) < 4.78 is 18.6. The molecule has 0 aliphatic rings. The summed E-state index contributed by atoms with van der Waals surface area (Å²) in [5, 5.41) is 3.05. The molecule has 1 rings (SSSR count). The van der Waals surface area contributed by atoms with Gasteiger partial charge in [0.25, 0.3) is 5.91 Å². The molecule has 5 heteroatoms. The van der Waals surface area contributed by atoms with Crippen LogP contribution in [0.15, 0.2) is 18.2 Å². The second kappa shape index (κ2) is 6.35. The van der Waals surface area contributed by atoms with E-state index in [0.29, 0.717) is 5.75 Å². The fourth-order valence-electron chi connectivity index (χ4n) is 1.42. The van der Waals surface area contributed by atoms with Crippen molar-refractivity contribution in [2.45, 2.75) is 13.0 Å². The first kappa shape index (κ1) is 14.4. The maximum absolute atomic E-state index is 13.2. The Kier molecular flexibility index (Phi) is 5.09. The van der Waals surface area contributed by atoms with Crippen LogP contribution in [0, 0.1) is 5.82 Å². The second-order valence-electron chi connectivity index (χ2n) is 4.27. The molecule has 1 unspecified atom stereocenters. The molecule has 0 aromatic heterocycles. The molecule has 0 fully saturated rings. The molecule has 1 amide bonds. The number of likely N-dealkylation sites (N-methyl/N-ethyl adjacent to an activating group) is 1. The van der Waals surface area contributed by atoms with Crippen molar-refractivity contribution in [3.63, 3.8) is 0 Å². The third-order valence-electron chi connectivity index (χ3n) is 2.73. The van der Waals surface area contributed by atoms with Gasteiger partial charge in [0.05, 0.1) is 0 Å². The molecule has 1 aromatic rings. The van der Waals surface area contributed by atoms with E-state index in [1.807, 2.05) is 14.0 Å². The summed E-state index contributed by atoms with van der Waals surface area (Å²) >= 11 is 0. The van der Waals surface area contributed by atoms with Crippen molar-refractivity contribution in [2.75, 3.05) is 27.7 Å². The highest BCUT2D eigenvalue weighted by Gasteiger charge is 2.13. The molecule has 0 radical (unpaired) electrons. The number of ether oxygens (including phenoxy) is 1. The standard InChI is InChI=1S/C13H19FN2O2/c1-9(15-2)11-6-5-10(14)7-12(11)18-8-13(17)16(3)4/h5-7,9,15H,8H2,1-4H3. The monoisotopic (exact) mass is 254 g/mol. The largest absolute Gasteiger partial charge is 0.483 e. The zero-order chi connectivity index (χ0) is 13.7. The van der Waals surface area contributed by atoms with Gasteiger partial charge in [-0.3, -0.25) is 4.79 Å². The van der Waals surface area contributed by atoms with Crippen molar-refractivity contribution in [3.8, 4) is 5.75 Å². The quantitative estimate of drug-likeness (QED) is 0.867. The molecule has 4 nitrogen and oxygen atoms in total. The molecule has 0 aliphatic carbocycles. The second-order valence-corrected chi connectivity index (χ2v) is 4.27. The average Bonchev–Trinajstić information content (AvgIpc) is 2.34. The number of rotatable bonds is 5. The lowest BCUT2D eigenvalue weighted by atomic mass is 10.1. The zero-order valence-corrected chi connectivity index (χ0v) is 11.2. The van der Waals surface area contributed by atoms with Gasteiger partial charge < -0.3 is 15.0 Å². The minimum Gasteiger partial charge on any atom is -0.483 e. The van der Waals surface area contributed by atoms with Gasteiger partial charge in [0, 0.05) is 31.8 Å². The van der Waals surface area contributed by atoms with Gasteiger partial charge >= 0.3 is 0 Å². The Morgan fingerprint density at radius 2 is 2.17 bits per heavy atom. The third kappa shape index (κ3) is 3.70. The van der Waals surface area contributed by atoms with Gasteiger partial charge in [0.1, 0.15) is 11.6 Å². The van der Waals surface area contributed by atoms with E-state index in [1.54, 1.807) is 20.2 Å². The molecule has 0 saturated carbocycles. The van der Waals surface area contributed by atoms with Crippen LogP contribution in [0.1, 0.15) is 18.5 Å². The van der Waals surface area contributed by atoms with Gasteiger partial charge in [0.15, 0.2) is 6.61 Å². The number of hydrogen-bond acceptors (Lipinski definition) is 3. The molecule has 0 saturated heterocycles. The van der Waals surface area contributed by atoms with Crippen molar-refractivity contribution >= 4 is 5.91 Å². The van der Waals surface area contributed by atoms with E-state index in [2.05, 4.69) is 5.32 Å². The maximum Gasteiger partial charge on any atom is 0.259 e. The Hall–Kier alpha value is -1.62. The first-order valence-corrected chi connectivity index (χ1v) is 5.75. The van der Waals surface area contributed by atoms with Crippen molar-refractivity contribution in [3.05, 3.63) is 29.6 Å². The maximum atomic E-state index is 13.2. The van der Waals surface area contributed by atoms with Crippen molar-refractivity contribution in [1.29, 1.82) is 0 Å². The van der Waals surface area contributed by atoms with Crippen LogP contribution in [-0.2, 0) is 4.79 Å². The highest BCUT2D eigenvalue weighted by molar-refractivity contribution is 5.77. The molecular weight excluding hydrogens is 235 g/mol. The molecule has 0 heterocycles. The van der Waals surface area contributed by atoms with Crippen LogP contribution in [0.3, 0.4) is 0 Å². The Morgan fingerprint density at radius 1 is 1.50 bits per heavy atom. The highest BCUT2D eigenvalue weighted by Crippen LogP contribution is 2.25. The fraction of sp³-hybridized carbons (Fsp3) is 0.462. The lowest BCUT2D eigenvalue weighted by Gasteiger charge is -2.17. The van der Waals surface area contributed by atoms with Crippen LogP contribution in [0.4, 0.5) is 4.39 Å². The summed E-state index contributed by atoms with van der Waals surface area (Å²) in [5.74, 6) is -0.149. The van der Waals surface area contributed by atoms with E-state index in [4.69, 9.17) is 4.74 Å². The average molecular weight is 254 g/mol. The molecule has 100 valence electrons. The van der Waals surface area contributed by atoms with E-state index in [0.717, 1.165) is 5.56 Å². The molecule has 1 atom stereocenters. The van der Waals surface area contributed by atoms with Gasteiger partial charge in [-0.15, -0.1) is 0 Å². The number of benzene rings is 1. The third-order valence-corrected chi connectivity index (χ3v) is 2.73. The summed E-state index contributed by atoms with van der Waals surface area (Å²) in [7, 11) is 5.10. The van der Waals surface area contributed by atoms with Gasteiger partial charge in [0.2, 0.25) is 0 Å². The number of hydrogen-bond donors (Lipinski definition) is 1. The molecule has 0 spiro atoms. The number of halogens is 1. The summed E-state index contributed by atoms with van der Waals surface area (Å²) in [6.45, 7) is 1.84. The number of carbonyl (C=O) groups excluding carboxylic acids is 1. The molecule has 1 N–H and O–H groups in total. The van der Waals surface area contributed by atoms with Crippen molar-refractivity contribution in [1.82, 2.24) is 10.2 Å². The van der Waals surface area contributed by atoms with E-state index in [9.17, 15) is 9.18 Å². The number of carbonyl (C=O) groups is 1. The minimum atomic E-state index is -0.380. The number of nitrogens with one attached hydrogen (secondary N) is 1. The van der Waals surface area contributed by atoms with Crippen LogP contribution >= 0.6 is 0 Å². The summed E-state index contributed by atoms with van der Waals surface area (Å²) in [6, 6.07) is 4.36. The van der Waals surface area contributed by atoms with Gasteiger partial charge in [-0.05, 0) is 20.0 Å². The van der Waals surface area contributed by atoms with Crippen LogP contribution in [-0.4, -0.2) is 38.6 Å². The van der Waals surface area contributed by atoms with Crippen LogP contribution in [0.2, 0.25) is 0 Å².